The van der Waals surface area contributed by atoms with Gasteiger partial charge in [-0.05, 0) is 51.1 Å². The number of carbonyl (C=O) groups is 1. The molecule has 0 saturated carbocycles. The maximum absolute atomic E-state index is 10.9. The van der Waals surface area contributed by atoms with Gasteiger partial charge >= 0.3 is 5.97 Å². The summed E-state index contributed by atoms with van der Waals surface area (Å²) in [5.74, 6) is -1.35. The molecule has 1 heterocycles. The van der Waals surface area contributed by atoms with E-state index in [-0.39, 0.29) is 11.3 Å². The molecule has 2 aromatic rings. The number of aromatic hydroxyl groups is 1. The van der Waals surface area contributed by atoms with Crippen LogP contribution in [-0.2, 0) is 0 Å². The van der Waals surface area contributed by atoms with Gasteiger partial charge in [-0.2, -0.15) is 0 Å². The van der Waals surface area contributed by atoms with E-state index in [9.17, 15) is 9.90 Å². The Labute approximate surface area is 104 Å². The molecule has 2 N–H and O–H groups in total. The van der Waals surface area contributed by atoms with E-state index in [1.807, 2.05) is 11.4 Å². The van der Waals surface area contributed by atoms with Crippen LogP contribution in [0, 0.1) is 0 Å². The van der Waals surface area contributed by atoms with Crippen LogP contribution in [-0.4, -0.2) is 16.2 Å². The van der Waals surface area contributed by atoms with Crippen molar-refractivity contribution in [3.8, 4) is 16.2 Å². The van der Waals surface area contributed by atoms with Crippen LogP contribution in [0.2, 0.25) is 0 Å². The van der Waals surface area contributed by atoms with Crippen molar-refractivity contribution < 1.29 is 15.0 Å². The lowest BCUT2D eigenvalue weighted by atomic mass is 10.1. The van der Waals surface area contributed by atoms with Gasteiger partial charge in [0.15, 0.2) is 0 Å². The fourth-order valence-corrected chi connectivity index (χ4v) is 2.95. The van der Waals surface area contributed by atoms with Crippen molar-refractivity contribution in [2.24, 2.45) is 0 Å². The number of rotatable bonds is 2. The van der Waals surface area contributed by atoms with E-state index in [2.05, 4.69) is 15.9 Å². The number of carboxylic acid groups (broad SMARTS) is 1. The molecule has 0 radical (unpaired) electrons. The van der Waals surface area contributed by atoms with Crippen LogP contribution in [0.1, 0.15) is 10.4 Å². The molecule has 0 aliphatic heterocycles. The first-order chi connectivity index (χ1) is 7.59. The normalized spacial score (nSPS) is 10.3. The molecule has 2 rings (SSSR count). The Balaban J connectivity index is 2.56. The van der Waals surface area contributed by atoms with E-state index in [4.69, 9.17) is 5.11 Å². The monoisotopic (exact) mass is 298 g/mol. The Kier molecular flexibility index (Phi) is 2.98. The molecule has 1 aromatic carbocycles. The summed E-state index contributed by atoms with van der Waals surface area (Å²) in [5, 5.41) is 20.2. The van der Waals surface area contributed by atoms with Crippen LogP contribution in [0.15, 0.2) is 34.1 Å². The summed E-state index contributed by atoms with van der Waals surface area (Å²) in [6, 6.07) is 6.45. The molecular formula is C11H7BrO3S. The highest BCUT2D eigenvalue weighted by molar-refractivity contribution is 9.10. The summed E-state index contributed by atoms with van der Waals surface area (Å²) in [6.07, 6.45) is 0. The molecule has 5 heteroatoms. The lowest BCUT2D eigenvalue weighted by Gasteiger charge is -2.03. The number of carboxylic acids is 1. The zero-order chi connectivity index (χ0) is 11.7. The van der Waals surface area contributed by atoms with Crippen LogP contribution in [0.3, 0.4) is 0 Å². The van der Waals surface area contributed by atoms with Crippen molar-refractivity contribution in [2.45, 2.75) is 0 Å². The van der Waals surface area contributed by atoms with Crippen molar-refractivity contribution in [3.63, 3.8) is 0 Å². The molecule has 16 heavy (non-hydrogen) atoms. The predicted molar refractivity (Wildman–Crippen MR) is 66.1 cm³/mol. The minimum Gasteiger partial charge on any atom is -0.507 e. The van der Waals surface area contributed by atoms with Gasteiger partial charge in [0.05, 0.1) is 0 Å². The molecule has 0 bridgehead atoms. The van der Waals surface area contributed by atoms with E-state index < -0.39 is 5.97 Å². The zero-order valence-electron chi connectivity index (χ0n) is 7.98. The third-order valence-electron chi connectivity index (χ3n) is 2.11. The lowest BCUT2D eigenvalue weighted by molar-refractivity contribution is 0.0694. The number of halogens is 1. The zero-order valence-corrected chi connectivity index (χ0v) is 10.4. The average molecular weight is 299 g/mol. The van der Waals surface area contributed by atoms with Gasteiger partial charge in [0.1, 0.15) is 11.3 Å². The number of thiophene rings is 1. The van der Waals surface area contributed by atoms with E-state index in [1.165, 1.54) is 23.5 Å². The Bertz CT molecular complexity index is 548. The van der Waals surface area contributed by atoms with E-state index in [1.54, 1.807) is 6.07 Å². The number of benzene rings is 1. The summed E-state index contributed by atoms with van der Waals surface area (Å²) in [6.45, 7) is 0. The Morgan fingerprint density at radius 3 is 2.62 bits per heavy atom. The molecule has 0 aliphatic carbocycles. The van der Waals surface area contributed by atoms with Gasteiger partial charge in [-0.3, -0.25) is 0 Å². The first-order valence-electron chi connectivity index (χ1n) is 4.39. The van der Waals surface area contributed by atoms with Crippen LogP contribution >= 0.6 is 27.3 Å². The highest BCUT2D eigenvalue weighted by Crippen LogP contribution is 2.35. The minimum atomic E-state index is -1.13. The molecule has 0 amide bonds. The van der Waals surface area contributed by atoms with Crippen molar-refractivity contribution in [1.29, 1.82) is 0 Å². The minimum absolute atomic E-state index is 0.0854. The maximum atomic E-state index is 10.9. The number of aromatic carboxylic acids is 1. The molecule has 0 saturated heterocycles. The van der Waals surface area contributed by atoms with Crippen LogP contribution < -0.4 is 0 Å². The summed E-state index contributed by atoms with van der Waals surface area (Å²) >= 11 is 4.89. The van der Waals surface area contributed by atoms with Crippen molar-refractivity contribution in [1.82, 2.24) is 0 Å². The maximum Gasteiger partial charge on any atom is 0.339 e. The van der Waals surface area contributed by atoms with Gasteiger partial charge in [-0.15, -0.1) is 11.3 Å². The van der Waals surface area contributed by atoms with Crippen molar-refractivity contribution in [3.05, 3.63) is 39.7 Å². The second-order valence-electron chi connectivity index (χ2n) is 3.13. The molecule has 82 valence electrons. The SMILES string of the molecule is O=C(O)c1cc(-c2sccc2Br)ccc1O. The third-order valence-corrected chi connectivity index (χ3v) is 3.99. The summed E-state index contributed by atoms with van der Waals surface area (Å²) in [4.78, 5) is 11.8. The molecule has 0 atom stereocenters. The van der Waals surface area contributed by atoms with Crippen molar-refractivity contribution in [2.75, 3.05) is 0 Å². The lowest BCUT2D eigenvalue weighted by Crippen LogP contribution is -1.96. The average Bonchev–Trinajstić information content (AvgIpc) is 2.65. The number of hydrogen-bond acceptors (Lipinski definition) is 3. The van der Waals surface area contributed by atoms with E-state index in [0.29, 0.717) is 0 Å². The second-order valence-corrected chi connectivity index (χ2v) is 4.91. The Hall–Kier alpha value is -1.33. The summed E-state index contributed by atoms with van der Waals surface area (Å²) < 4.78 is 0.916. The molecular weight excluding hydrogens is 292 g/mol. The third kappa shape index (κ3) is 1.96. The van der Waals surface area contributed by atoms with Crippen LogP contribution in [0.5, 0.6) is 5.75 Å². The van der Waals surface area contributed by atoms with Crippen molar-refractivity contribution >= 4 is 33.2 Å². The van der Waals surface area contributed by atoms with Crippen LogP contribution in [0.25, 0.3) is 10.4 Å². The molecule has 3 nitrogen and oxygen atoms in total. The Morgan fingerprint density at radius 1 is 1.31 bits per heavy atom. The summed E-state index contributed by atoms with van der Waals surface area (Å²) in [7, 11) is 0. The number of hydrogen-bond donors (Lipinski definition) is 2. The molecule has 0 aliphatic rings. The van der Waals surface area contributed by atoms with Gasteiger partial charge in [-0.25, -0.2) is 4.79 Å². The molecule has 0 fully saturated rings. The highest BCUT2D eigenvalue weighted by Gasteiger charge is 2.12. The predicted octanol–water partition coefficient (Wildman–Crippen LogP) is 3.58. The Morgan fingerprint density at radius 2 is 2.06 bits per heavy atom. The first kappa shape index (κ1) is 11.2. The fraction of sp³-hybridized carbons (Fsp3) is 0. The van der Waals surface area contributed by atoms with Gasteiger partial charge < -0.3 is 10.2 Å². The summed E-state index contributed by atoms with van der Waals surface area (Å²) in [5.41, 5.74) is 0.690. The first-order valence-corrected chi connectivity index (χ1v) is 6.06. The van der Waals surface area contributed by atoms with Gasteiger partial charge in [0.2, 0.25) is 0 Å². The molecule has 0 spiro atoms. The largest absolute Gasteiger partial charge is 0.507 e. The standard InChI is InChI=1S/C11H7BrO3S/c12-8-3-4-16-10(8)6-1-2-9(13)7(5-6)11(14)15/h1-5,13H,(H,14,15). The van der Waals surface area contributed by atoms with Gasteiger partial charge in [0, 0.05) is 9.35 Å². The molecule has 1 aromatic heterocycles. The highest BCUT2D eigenvalue weighted by atomic mass is 79.9. The van der Waals surface area contributed by atoms with Gasteiger partial charge in [0.25, 0.3) is 0 Å². The second kappa shape index (κ2) is 4.27. The van der Waals surface area contributed by atoms with E-state index in [0.717, 1.165) is 14.9 Å². The van der Waals surface area contributed by atoms with Gasteiger partial charge in [-0.1, -0.05) is 0 Å². The quantitative estimate of drug-likeness (QED) is 0.891. The number of phenols is 1. The van der Waals surface area contributed by atoms with Crippen LogP contribution in [0.4, 0.5) is 0 Å². The fourth-order valence-electron chi connectivity index (χ4n) is 1.35. The smallest absolute Gasteiger partial charge is 0.339 e. The molecule has 0 unspecified atom stereocenters. The van der Waals surface area contributed by atoms with E-state index >= 15 is 0 Å². The topological polar surface area (TPSA) is 57.5 Å².